The zero-order valence-electron chi connectivity index (χ0n) is 15.6. The minimum absolute atomic E-state index is 0.309. The van der Waals surface area contributed by atoms with Crippen LogP contribution < -0.4 is 10.6 Å². The molecule has 1 atom stereocenters. The molecule has 146 valence electrons. The summed E-state index contributed by atoms with van der Waals surface area (Å²) in [7, 11) is 0. The van der Waals surface area contributed by atoms with E-state index in [0.29, 0.717) is 41.4 Å². The fourth-order valence-corrected chi connectivity index (χ4v) is 2.94. The predicted molar refractivity (Wildman–Crippen MR) is 101 cm³/mol. The predicted octanol–water partition coefficient (Wildman–Crippen LogP) is 4.23. The normalized spacial score (nSPS) is 14.7. The van der Waals surface area contributed by atoms with E-state index < -0.39 is 17.7 Å². The Labute approximate surface area is 161 Å². The van der Waals surface area contributed by atoms with Gasteiger partial charge in [0.15, 0.2) is 5.82 Å². The number of rotatable bonds is 7. The van der Waals surface area contributed by atoms with Crippen molar-refractivity contribution in [2.24, 2.45) is 0 Å². The van der Waals surface area contributed by atoms with Gasteiger partial charge >= 0.3 is 0 Å². The average molecular weight is 385 g/mol. The van der Waals surface area contributed by atoms with Crippen molar-refractivity contribution in [2.75, 3.05) is 10.6 Å². The zero-order valence-corrected chi connectivity index (χ0v) is 15.6. The lowest BCUT2D eigenvalue weighted by Gasteiger charge is -2.16. The maximum absolute atomic E-state index is 14.0. The molecular formula is C19H21F2N7. The lowest BCUT2D eigenvalue weighted by atomic mass is 10.1. The van der Waals surface area contributed by atoms with E-state index in [4.69, 9.17) is 0 Å². The minimum atomic E-state index is -0.618. The molecule has 0 radical (unpaired) electrons. The van der Waals surface area contributed by atoms with E-state index in [0.717, 1.165) is 11.8 Å². The van der Waals surface area contributed by atoms with E-state index in [1.165, 1.54) is 25.0 Å². The molecule has 9 heteroatoms. The number of hydrogen-bond donors (Lipinski definition) is 3. The Morgan fingerprint density at radius 1 is 1.14 bits per heavy atom. The van der Waals surface area contributed by atoms with Crippen molar-refractivity contribution in [3.05, 3.63) is 53.0 Å². The number of benzene rings is 1. The Kier molecular flexibility index (Phi) is 4.89. The summed E-state index contributed by atoms with van der Waals surface area (Å²) in [6.45, 7) is 3.69. The second kappa shape index (κ2) is 7.49. The Hall–Kier alpha value is -3.10. The molecule has 3 aromatic rings. The Bertz CT molecular complexity index is 984. The lowest BCUT2D eigenvalue weighted by Crippen LogP contribution is -2.14. The van der Waals surface area contributed by atoms with Gasteiger partial charge in [-0.1, -0.05) is 13.0 Å². The SMILES string of the molecule is CCc1nc(Nc2cc(C3CC3)[nH]n2)nc(N[C@@H](C)c2ccc(F)cc2F)n1. The highest BCUT2D eigenvalue weighted by molar-refractivity contribution is 5.50. The molecule has 1 aliphatic rings. The molecule has 1 saturated carbocycles. The summed E-state index contributed by atoms with van der Waals surface area (Å²) in [6.07, 6.45) is 2.97. The lowest BCUT2D eigenvalue weighted by molar-refractivity contribution is 0.566. The van der Waals surface area contributed by atoms with Crippen molar-refractivity contribution in [1.82, 2.24) is 25.1 Å². The maximum atomic E-state index is 14.0. The fraction of sp³-hybridized carbons (Fsp3) is 0.368. The largest absolute Gasteiger partial charge is 0.347 e. The van der Waals surface area contributed by atoms with Crippen LogP contribution in [-0.4, -0.2) is 25.1 Å². The van der Waals surface area contributed by atoms with Crippen LogP contribution in [-0.2, 0) is 6.42 Å². The molecule has 7 nitrogen and oxygen atoms in total. The van der Waals surface area contributed by atoms with Gasteiger partial charge in [0.25, 0.3) is 0 Å². The van der Waals surface area contributed by atoms with Crippen LogP contribution in [0.15, 0.2) is 24.3 Å². The molecule has 0 unspecified atom stereocenters. The minimum Gasteiger partial charge on any atom is -0.347 e. The van der Waals surface area contributed by atoms with Crippen molar-refractivity contribution < 1.29 is 8.78 Å². The van der Waals surface area contributed by atoms with Crippen LogP contribution >= 0.6 is 0 Å². The van der Waals surface area contributed by atoms with E-state index in [9.17, 15) is 8.78 Å². The van der Waals surface area contributed by atoms with E-state index in [-0.39, 0.29) is 0 Å². The molecule has 2 aromatic heterocycles. The Morgan fingerprint density at radius 2 is 1.93 bits per heavy atom. The van der Waals surface area contributed by atoms with Gasteiger partial charge in [-0.25, -0.2) is 8.78 Å². The number of nitrogens with zero attached hydrogens (tertiary/aromatic N) is 4. The first-order valence-electron chi connectivity index (χ1n) is 9.30. The summed E-state index contributed by atoms with van der Waals surface area (Å²) in [6, 6.07) is 5.00. The van der Waals surface area contributed by atoms with Crippen molar-refractivity contribution in [3.8, 4) is 0 Å². The average Bonchev–Trinajstić information content (AvgIpc) is 3.41. The molecule has 0 bridgehead atoms. The van der Waals surface area contributed by atoms with Gasteiger partial charge in [0.2, 0.25) is 11.9 Å². The molecule has 1 aliphatic carbocycles. The Morgan fingerprint density at radius 3 is 2.64 bits per heavy atom. The molecule has 0 saturated heterocycles. The van der Waals surface area contributed by atoms with Gasteiger partial charge in [-0.05, 0) is 25.8 Å². The van der Waals surface area contributed by atoms with Gasteiger partial charge in [0.1, 0.15) is 17.5 Å². The van der Waals surface area contributed by atoms with Gasteiger partial charge in [0, 0.05) is 35.7 Å². The molecule has 0 aliphatic heterocycles. The highest BCUT2D eigenvalue weighted by atomic mass is 19.1. The van der Waals surface area contributed by atoms with Crippen LogP contribution in [0.4, 0.5) is 26.5 Å². The highest BCUT2D eigenvalue weighted by Gasteiger charge is 2.25. The van der Waals surface area contributed by atoms with Crippen molar-refractivity contribution in [1.29, 1.82) is 0 Å². The number of nitrogens with one attached hydrogen (secondary N) is 3. The summed E-state index contributed by atoms with van der Waals surface area (Å²) < 4.78 is 27.2. The van der Waals surface area contributed by atoms with Gasteiger partial charge in [-0.3, -0.25) is 5.10 Å². The second-order valence-corrected chi connectivity index (χ2v) is 6.89. The van der Waals surface area contributed by atoms with Crippen LogP contribution in [0.25, 0.3) is 0 Å². The van der Waals surface area contributed by atoms with E-state index in [1.807, 2.05) is 13.0 Å². The topological polar surface area (TPSA) is 91.4 Å². The summed E-state index contributed by atoms with van der Waals surface area (Å²) in [5.41, 5.74) is 1.43. The van der Waals surface area contributed by atoms with E-state index in [2.05, 4.69) is 35.8 Å². The highest BCUT2D eigenvalue weighted by Crippen LogP contribution is 2.39. The molecule has 1 aromatic carbocycles. The second-order valence-electron chi connectivity index (χ2n) is 6.89. The maximum Gasteiger partial charge on any atom is 0.233 e. The smallest absolute Gasteiger partial charge is 0.233 e. The summed E-state index contributed by atoms with van der Waals surface area (Å²) in [5.74, 6) is 1.23. The molecule has 0 amide bonds. The fourth-order valence-electron chi connectivity index (χ4n) is 2.94. The summed E-state index contributed by atoms with van der Waals surface area (Å²) >= 11 is 0. The molecular weight excluding hydrogens is 364 g/mol. The molecule has 4 rings (SSSR count). The number of H-pyrrole nitrogens is 1. The third kappa shape index (κ3) is 4.08. The monoisotopic (exact) mass is 385 g/mol. The number of aryl methyl sites for hydroxylation is 1. The Balaban J connectivity index is 1.53. The van der Waals surface area contributed by atoms with Crippen LogP contribution in [0.5, 0.6) is 0 Å². The standard InChI is InChI=1S/C19H21F2N7/c1-3-16-23-18(22-10(2)13-7-6-12(20)8-14(13)21)26-19(24-16)25-17-9-15(27-28-17)11-4-5-11/h6-11H,3-5H2,1-2H3,(H3,22,23,24,25,26,27,28)/t10-/m0/s1. The molecule has 0 spiro atoms. The zero-order chi connectivity index (χ0) is 19.7. The van der Waals surface area contributed by atoms with Crippen molar-refractivity contribution in [3.63, 3.8) is 0 Å². The third-order valence-electron chi connectivity index (χ3n) is 4.63. The number of hydrogen-bond acceptors (Lipinski definition) is 6. The van der Waals surface area contributed by atoms with Crippen LogP contribution in [0.2, 0.25) is 0 Å². The quantitative estimate of drug-likeness (QED) is 0.564. The van der Waals surface area contributed by atoms with Gasteiger partial charge in [-0.15, -0.1) is 0 Å². The third-order valence-corrected chi connectivity index (χ3v) is 4.63. The van der Waals surface area contributed by atoms with Crippen LogP contribution in [0, 0.1) is 11.6 Å². The summed E-state index contributed by atoms with van der Waals surface area (Å²) in [5, 5.41) is 13.4. The first-order valence-corrected chi connectivity index (χ1v) is 9.30. The van der Waals surface area contributed by atoms with Gasteiger partial charge in [-0.2, -0.15) is 20.1 Å². The van der Waals surface area contributed by atoms with Crippen molar-refractivity contribution >= 4 is 17.7 Å². The number of anilines is 3. The molecule has 1 fully saturated rings. The number of aromatic amines is 1. The summed E-state index contributed by atoms with van der Waals surface area (Å²) in [4.78, 5) is 13.1. The number of halogens is 2. The van der Waals surface area contributed by atoms with Gasteiger partial charge in [0.05, 0.1) is 6.04 Å². The van der Waals surface area contributed by atoms with Crippen LogP contribution in [0.1, 0.15) is 55.7 Å². The van der Waals surface area contributed by atoms with Gasteiger partial charge < -0.3 is 10.6 Å². The van der Waals surface area contributed by atoms with E-state index in [1.54, 1.807) is 6.92 Å². The first kappa shape index (κ1) is 18.3. The molecule has 2 heterocycles. The number of aromatic nitrogens is 5. The molecule has 3 N–H and O–H groups in total. The van der Waals surface area contributed by atoms with E-state index >= 15 is 0 Å². The van der Waals surface area contributed by atoms with Crippen molar-refractivity contribution in [2.45, 2.75) is 45.1 Å². The first-order chi connectivity index (χ1) is 13.5. The molecule has 28 heavy (non-hydrogen) atoms. The van der Waals surface area contributed by atoms with Crippen LogP contribution in [0.3, 0.4) is 0 Å².